The van der Waals surface area contributed by atoms with Gasteiger partial charge in [0.25, 0.3) is 11.8 Å². The van der Waals surface area contributed by atoms with E-state index < -0.39 is 0 Å². The van der Waals surface area contributed by atoms with Crippen molar-refractivity contribution in [1.82, 2.24) is 9.80 Å². The molecule has 2 aromatic carbocycles. The molecule has 0 saturated carbocycles. The van der Waals surface area contributed by atoms with E-state index >= 15 is 0 Å². The molecule has 32 heavy (non-hydrogen) atoms. The standard InChI is InChI=1S/C26H32N2O4/c1-31-23-12-10-21(11-13-23)25(29)28-16-6-7-20(18-28)19-32-24-9-5-8-22(17-24)26(30)27-14-3-2-4-15-27/h5,8-13,17,20H,2-4,6-7,14-16,18-19H2,1H3/t20-/m0/s1. The first-order valence-corrected chi connectivity index (χ1v) is 11.6. The van der Waals surface area contributed by atoms with E-state index in [9.17, 15) is 9.59 Å². The Kier molecular flexibility index (Phi) is 7.30. The van der Waals surface area contributed by atoms with E-state index in [1.165, 1.54) is 6.42 Å². The van der Waals surface area contributed by atoms with Crippen molar-refractivity contribution in [3.05, 3.63) is 59.7 Å². The van der Waals surface area contributed by atoms with E-state index in [-0.39, 0.29) is 17.7 Å². The van der Waals surface area contributed by atoms with E-state index in [4.69, 9.17) is 9.47 Å². The van der Waals surface area contributed by atoms with Crippen LogP contribution in [-0.4, -0.2) is 61.5 Å². The number of carbonyl (C=O) groups excluding carboxylic acids is 2. The smallest absolute Gasteiger partial charge is 0.253 e. The van der Waals surface area contributed by atoms with E-state index in [0.29, 0.717) is 30.0 Å². The average Bonchev–Trinajstić information content (AvgIpc) is 2.87. The molecule has 2 fully saturated rings. The Hall–Kier alpha value is -3.02. The number of amides is 2. The van der Waals surface area contributed by atoms with Crippen LogP contribution in [0.25, 0.3) is 0 Å². The molecule has 2 saturated heterocycles. The van der Waals surface area contributed by atoms with Crippen LogP contribution in [0, 0.1) is 5.92 Å². The Balaban J connectivity index is 1.32. The summed E-state index contributed by atoms with van der Waals surface area (Å²) in [6.07, 6.45) is 5.35. The molecule has 0 aromatic heterocycles. The van der Waals surface area contributed by atoms with Gasteiger partial charge in [-0.05, 0) is 74.6 Å². The van der Waals surface area contributed by atoms with Crippen molar-refractivity contribution >= 4 is 11.8 Å². The number of benzene rings is 2. The summed E-state index contributed by atoms with van der Waals surface area (Å²) in [5, 5.41) is 0. The number of hydrogen-bond donors (Lipinski definition) is 0. The van der Waals surface area contributed by atoms with Gasteiger partial charge in [0.15, 0.2) is 0 Å². The van der Waals surface area contributed by atoms with E-state index in [0.717, 1.165) is 51.1 Å². The van der Waals surface area contributed by atoms with Gasteiger partial charge in [0, 0.05) is 43.2 Å². The molecule has 2 aliphatic rings. The van der Waals surface area contributed by atoms with Crippen molar-refractivity contribution in [3.8, 4) is 11.5 Å². The van der Waals surface area contributed by atoms with Crippen LogP contribution >= 0.6 is 0 Å². The minimum Gasteiger partial charge on any atom is -0.497 e. The monoisotopic (exact) mass is 436 g/mol. The fourth-order valence-corrected chi connectivity index (χ4v) is 4.51. The largest absolute Gasteiger partial charge is 0.497 e. The molecule has 2 aromatic rings. The van der Waals surface area contributed by atoms with Crippen LogP contribution in [0.3, 0.4) is 0 Å². The molecule has 1 atom stereocenters. The van der Waals surface area contributed by atoms with Crippen LogP contribution in [0.1, 0.15) is 52.8 Å². The normalized spacial score (nSPS) is 18.8. The highest BCUT2D eigenvalue weighted by molar-refractivity contribution is 5.95. The lowest BCUT2D eigenvalue weighted by Crippen LogP contribution is -2.41. The van der Waals surface area contributed by atoms with Crippen molar-refractivity contribution in [2.75, 3.05) is 39.9 Å². The Morgan fingerprint density at radius 1 is 0.844 bits per heavy atom. The molecule has 6 heteroatoms. The van der Waals surface area contributed by atoms with Crippen LogP contribution in [-0.2, 0) is 0 Å². The molecule has 0 aliphatic carbocycles. The van der Waals surface area contributed by atoms with Crippen LogP contribution in [0.5, 0.6) is 11.5 Å². The summed E-state index contributed by atoms with van der Waals surface area (Å²) in [5.41, 5.74) is 1.36. The summed E-state index contributed by atoms with van der Waals surface area (Å²) in [5.74, 6) is 1.86. The Bertz CT molecular complexity index is 922. The second-order valence-corrected chi connectivity index (χ2v) is 8.68. The molecule has 0 spiro atoms. The number of likely N-dealkylation sites (tertiary alicyclic amines) is 2. The second kappa shape index (κ2) is 10.5. The minimum absolute atomic E-state index is 0.0477. The summed E-state index contributed by atoms with van der Waals surface area (Å²) in [6, 6.07) is 14.7. The first-order valence-electron chi connectivity index (χ1n) is 11.6. The number of carbonyl (C=O) groups is 2. The van der Waals surface area contributed by atoms with Gasteiger partial charge >= 0.3 is 0 Å². The maximum Gasteiger partial charge on any atom is 0.253 e. The van der Waals surface area contributed by atoms with Crippen molar-refractivity contribution in [1.29, 1.82) is 0 Å². The predicted octanol–water partition coefficient (Wildman–Crippen LogP) is 4.25. The quantitative estimate of drug-likeness (QED) is 0.679. The molecule has 0 N–H and O–H groups in total. The maximum atomic E-state index is 12.9. The van der Waals surface area contributed by atoms with Crippen molar-refractivity contribution in [2.24, 2.45) is 5.92 Å². The molecule has 170 valence electrons. The molecule has 2 heterocycles. The summed E-state index contributed by atoms with van der Waals surface area (Å²) < 4.78 is 11.2. The zero-order valence-electron chi connectivity index (χ0n) is 18.8. The number of ether oxygens (including phenoxy) is 2. The number of methoxy groups -OCH3 is 1. The van der Waals surface area contributed by atoms with Crippen molar-refractivity contribution in [3.63, 3.8) is 0 Å². The van der Waals surface area contributed by atoms with Gasteiger partial charge in [0.1, 0.15) is 11.5 Å². The molecular weight excluding hydrogens is 404 g/mol. The van der Waals surface area contributed by atoms with Crippen molar-refractivity contribution in [2.45, 2.75) is 32.1 Å². The molecule has 2 amide bonds. The highest BCUT2D eigenvalue weighted by atomic mass is 16.5. The van der Waals surface area contributed by atoms with Crippen LogP contribution < -0.4 is 9.47 Å². The maximum absolute atomic E-state index is 12.9. The third-order valence-corrected chi connectivity index (χ3v) is 6.35. The third-order valence-electron chi connectivity index (χ3n) is 6.35. The third kappa shape index (κ3) is 5.42. The van der Waals surface area contributed by atoms with Crippen molar-refractivity contribution < 1.29 is 19.1 Å². The molecule has 0 unspecified atom stereocenters. The van der Waals surface area contributed by atoms with Crippen LogP contribution in [0.4, 0.5) is 0 Å². The van der Waals surface area contributed by atoms with Gasteiger partial charge in [-0.15, -0.1) is 0 Å². The van der Waals surface area contributed by atoms with E-state index in [2.05, 4.69) is 0 Å². The SMILES string of the molecule is COc1ccc(C(=O)N2CCC[C@H](COc3cccc(C(=O)N4CCCCC4)c3)C2)cc1. The zero-order chi connectivity index (χ0) is 22.3. The topological polar surface area (TPSA) is 59.1 Å². The van der Waals surface area contributed by atoms with Gasteiger partial charge in [0.05, 0.1) is 13.7 Å². The number of hydrogen-bond acceptors (Lipinski definition) is 4. The Morgan fingerprint density at radius 3 is 2.31 bits per heavy atom. The summed E-state index contributed by atoms with van der Waals surface area (Å²) in [4.78, 5) is 29.5. The van der Waals surface area contributed by atoms with E-state index in [1.54, 1.807) is 7.11 Å². The molecule has 4 rings (SSSR count). The molecule has 6 nitrogen and oxygen atoms in total. The fraction of sp³-hybridized carbons (Fsp3) is 0.462. The van der Waals surface area contributed by atoms with Crippen LogP contribution in [0.15, 0.2) is 48.5 Å². The lowest BCUT2D eigenvalue weighted by molar-refractivity contribution is 0.0631. The highest BCUT2D eigenvalue weighted by Gasteiger charge is 2.25. The lowest BCUT2D eigenvalue weighted by atomic mass is 9.98. The van der Waals surface area contributed by atoms with Gasteiger partial charge in [-0.25, -0.2) is 0 Å². The van der Waals surface area contributed by atoms with E-state index in [1.807, 2.05) is 58.3 Å². The zero-order valence-corrected chi connectivity index (χ0v) is 18.8. The molecular formula is C26H32N2O4. The molecule has 0 radical (unpaired) electrons. The van der Waals surface area contributed by atoms with Gasteiger partial charge in [-0.3, -0.25) is 9.59 Å². The number of rotatable bonds is 6. The Morgan fingerprint density at radius 2 is 1.56 bits per heavy atom. The fourth-order valence-electron chi connectivity index (χ4n) is 4.51. The highest BCUT2D eigenvalue weighted by Crippen LogP contribution is 2.23. The number of nitrogens with zero attached hydrogens (tertiary/aromatic N) is 2. The summed E-state index contributed by atoms with van der Waals surface area (Å²) >= 11 is 0. The van der Waals surface area contributed by atoms with Gasteiger partial charge in [0.2, 0.25) is 0 Å². The summed E-state index contributed by atoms with van der Waals surface area (Å²) in [6.45, 7) is 3.65. The summed E-state index contributed by atoms with van der Waals surface area (Å²) in [7, 11) is 1.62. The van der Waals surface area contributed by atoms with Crippen LogP contribution in [0.2, 0.25) is 0 Å². The van der Waals surface area contributed by atoms with Gasteiger partial charge < -0.3 is 19.3 Å². The van der Waals surface area contributed by atoms with Gasteiger partial charge in [-0.2, -0.15) is 0 Å². The molecule has 0 bridgehead atoms. The lowest BCUT2D eigenvalue weighted by Gasteiger charge is -2.32. The average molecular weight is 437 g/mol. The Labute approximate surface area is 190 Å². The number of piperidine rings is 2. The first kappa shape index (κ1) is 22.2. The minimum atomic E-state index is 0.0477. The second-order valence-electron chi connectivity index (χ2n) is 8.68. The molecule has 2 aliphatic heterocycles. The first-order chi connectivity index (χ1) is 15.6. The van der Waals surface area contributed by atoms with Gasteiger partial charge in [-0.1, -0.05) is 6.07 Å². The predicted molar refractivity (Wildman–Crippen MR) is 123 cm³/mol.